The Morgan fingerprint density at radius 1 is 1.10 bits per heavy atom. The van der Waals surface area contributed by atoms with Crippen LogP contribution in [0.25, 0.3) is 32.8 Å². The van der Waals surface area contributed by atoms with Crippen molar-refractivity contribution in [3.05, 3.63) is 66.4 Å². The van der Waals surface area contributed by atoms with Crippen molar-refractivity contribution in [3.63, 3.8) is 0 Å². The summed E-state index contributed by atoms with van der Waals surface area (Å²) in [6.07, 6.45) is 2.78. The number of hydrogen-bond donors (Lipinski definition) is 2. The third kappa shape index (κ3) is 3.10. The zero-order valence-corrected chi connectivity index (χ0v) is 17.2. The zero-order valence-electron chi connectivity index (χ0n) is 17.2. The number of H-pyrrole nitrogens is 1. The van der Waals surface area contributed by atoms with Gasteiger partial charge >= 0.3 is 0 Å². The third-order valence-electron chi connectivity index (χ3n) is 6.65. The van der Waals surface area contributed by atoms with Crippen molar-refractivity contribution in [1.29, 1.82) is 0 Å². The van der Waals surface area contributed by atoms with E-state index in [1.807, 2.05) is 35.4 Å². The van der Waals surface area contributed by atoms with Crippen LogP contribution >= 0.6 is 0 Å². The van der Waals surface area contributed by atoms with Gasteiger partial charge in [0.15, 0.2) is 0 Å². The number of hydrogen-bond acceptors (Lipinski definition) is 4. The molecule has 4 aromatic rings. The fourth-order valence-electron chi connectivity index (χ4n) is 5.01. The number of aromatic nitrogens is 2. The van der Waals surface area contributed by atoms with Gasteiger partial charge in [0.05, 0.1) is 30.5 Å². The first-order valence-electron chi connectivity index (χ1n) is 10.8. The molecule has 3 aromatic carbocycles. The number of nitrogens with zero attached hydrogens (tertiary/aromatic N) is 2. The summed E-state index contributed by atoms with van der Waals surface area (Å²) in [6, 6.07) is 18.5. The molecule has 156 valence electrons. The van der Waals surface area contributed by atoms with Gasteiger partial charge in [0.1, 0.15) is 0 Å². The molecule has 0 aliphatic carbocycles. The molecule has 3 heterocycles. The van der Waals surface area contributed by atoms with E-state index in [2.05, 4.69) is 45.8 Å². The highest BCUT2D eigenvalue weighted by Crippen LogP contribution is 2.33. The van der Waals surface area contributed by atoms with E-state index in [9.17, 15) is 4.79 Å². The number of fused-ring (bicyclic) bond motifs is 2. The SMILES string of the molecule is O=C(c1ccc(-c2ccc3cn[nH]c3c2)c2ccccc12)N1CCOC2(CCNC2)C1. The number of carbonyl (C=O) groups is 1. The first-order chi connectivity index (χ1) is 15.2. The van der Waals surface area contributed by atoms with E-state index in [1.54, 1.807) is 0 Å². The zero-order chi connectivity index (χ0) is 20.8. The van der Waals surface area contributed by atoms with Crippen LogP contribution in [-0.2, 0) is 4.74 Å². The number of rotatable bonds is 2. The van der Waals surface area contributed by atoms with E-state index in [0.29, 0.717) is 19.7 Å². The summed E-state index contributed by atoms with van der Waals surface area (Å²) in [5.74, 6) is 0.0846. The van der Waals surface area contributed by atoms with Gasteiger partial charge in [-0.3, -0.25) is 9.89 Å². The maximum Gasteiger partial charge on any atom is 0.254 e. The molecule has 2 aliphatic heterocycles. The molecule has 2 saturated heterocycles. The molecule has 1 atom stereocenters. The smallest absolute Gasteiger partial charge is 0.254 e. The van der Waals surface area contributed by atoms with Gasteiger partial charge in [-0.1, -0.05) is 42.5 Å². The average Bonchev–Trinajstić information content (AvgIpc) is 3.47. The van der Waals surface area contributed by atoms with Crippen molar-refractivity contribution in [2.75, 3.05) is 32.8 Å². The Morgan fingerprint density at radius 2 is 2.00 bits per heavy atom. The van der Waals surface area contributed by atoms with Gasteiger partial charge in [-0.25, -0.2) is 0 Å². The average molecular weight is 412 g/mol. The molecule has 0 radical (unpaired) electrons. The fourth-order valence-corrected chi connectivity index (χ4v) is 5.01. The van der Waals surface area contributed by atoms with Gasteiger partial charge in [-0.15, -0.1) is 0 Å². The maximum atomic E-state index is 13.6. The van der Waals surface area contributed by atoms with Gasteiger partial charge in [0.2, 0.25) is 0 Å². The first kappa shape index (κ1) is 18.5. The minimum absolute atomic E-state index is 0.0846. The van der Waals surface area contributed by atoms with E-state index in [-0.39, 0.29) is 11.5 Å². The Balaban J connectivity index is 1.40. The molecule has 2 N–H and O–H groups in total. The predicted octanol–water partition coefficient (Wildman–Crippen LogP) is 3.59. The first-order valence-corrected chi connectivity index (χ1v) is 10.8. The lowest BCUT2D eigenvalue weighted by Gasteiger charge is -2.40. The molecular formula is C25H24N4O2. The highest BCUT2D eigenvalue weighted by atomic mass is 16.5. The molecule has 2 fully saturated rings. The molecule has 6 nitrogen and oxygen atoms in total. The third-order valence-corrected chi connectivity index (χ3v) is 6.65. The van der Waals surface area contributed by atoms with Crippen LogP contribution in [0, 0.1) is 0 Å². The number of ether oxygens (including phenoxy) is 1. The second-order valence-electron chi connectivity index (χ2n) is 8.56. The van der Waals surface area contributed by atoms with Crippen molar-refractivity contribution >= 4 is 27.6 Å². The van der Waals surface area contributed by atoms with Gasteiger partial charge in [-0.2, -0.15) is 5.10 Å². The van der Waals surface area contributed by atoms with Crippen LogP contribution in [0.15, 0.2) is 60.8 Å². The van der Waals surface area contributed by atoms with Crippen molar-refractivity contribution in [1.82, 2.24) is 20.4 Å². The van der Waals surface area contributed by atoms with Crippen LogP contribution in [0.4, 0.5) is 0 Å². The number of nitrogens with one attached hydrogen (secondary N) is 2. The predicted molar refractivity (Wildman–Crippen MR) is 121 cm³/mol. The maximum absolute atomic E-state index is 13.6. The van der Waals surface area contributed by atoms with Crippen molar-refractivity contribution < 1.29 is 9.53 Å². The summed E-state index contributed by atoms with van der Waals surface area (Å²) in [6.45, 7) is 3.62. The second kappa shape index (κ2) is 7.18. The molecule has 6 heteroatoms. The summed E-state index contributed by atoms with van der Waals surface area (Å²) < 4.78 is 6.07. The Morgan fingerprint density at radius 3 is 2.87 bits per heavy atom. The Kier molecular flexibility index (Phi) is 4.30. The number of amides is 1. The van der Waals surface area contributed by atoms with Crippen LogP contribution in [-0.4, -0.2) is 59.4 Å². The highest BCUT2D eigenvalue weighted by Gasteiger charge is 2.41. The van der Waals surface area contributed by atoms with Crippen molar-refractivity contribution in [3.8, 4) is 11.1 Å². The molecule has 2 aliphatic rings. The van der Waals surface area contributed by atoms with Gasteiger partial charge in [0, 0.05) is 24.0 Å². The lowest BCUT2D eigenvalue weighted by molar-refractivity contribution is -0.0866. The molecule has 1 amide bonds. The normalized spacial score (nSPS) is 21.4. The molecule has 0 saturated carbocycles. The minimum Gasteiger partial charge on any atom is -0.370 e. The number of morpholine rings is 1. The van der Waals surface area contributed by atoms with Crippen molar-refractivity contribution in [2.45, 2.75) is 12.0 Å². The monoisotopic (exact) mass is 412 g/mol. The Hall–Kier alpha value is -3.22. The summed E-state index contributed by atoms with van der Waals surface area (Å²) in [7, 11) is 0. The summed E-state index contributed by atoms with van der Waals surface area (Å²) >= 11 is 0. The Bertz CT molecular complexity index is 1290. The number of carbonyl (C=O) groups excluding carboxylic acids is 1. The molecule has 1 aromatic heterocycles. The highest BCUT2D eigenvalue weighted by molar-refractivity contribution is 6.11. The summed E-state index contributed by atoms with van der Waals surface area (Å²) in [5.41, 5.74) is 3.75. The molecule has 1 unspecified atom stereocenters. The largest absolute Gasteiger partial charge is 0.370 e. The van der Waals surface area contributed by atoms with Crippen LogP contribution in [0.3, 0.4) is 0 Å². The molecular weight excluding hydrogens is 388 g/mol. The minimum atomic E-state index is -0.233. The quantitative estimate of drug-likeness (QED) is 0.528. The van der Waals surface area contributed by atoms with E-state index in [1.165, 1.54) is 0 Å². The topological polar surface area (TPSA) is 70.2 Å². The van der Waals surface area contributed by atoms with Gasteiger partial charge in [-0.05, 0) is 47.0 Å². The lowest BCUT2D eigenvalue weighted by Crippen LogP contribution is -2.54. The number of benzene rings is 3. The van der Waals surface area contributed by atoms with E-state index >= 15 is 0 Å². The van der Waals surface area contributed by atoms with Crippen LogP contribution < -0.4 is 5.32 Å². The number of aromatic amines is 1. The second-order valence-corrected chi connectivity index (χ2v) is 8.56. The van der Waals surface area contributed by atoms with Crippen LogP contribution in [0.1, 0.15) is 16.8 Å². The summed E-state index contributed by atoms with van der Waals surface area (Å²) in [5, 5.41) is 13.7. The Labute approximate surface area is 180 Å². The molecule has 0 bridgehead atoms. The molecule has 1 spiro atoms. The standard InChI is InChI=1S/C25H24N4O2/c30-24(29-11-12-31-25(16-29)9-10-26-15-25)22-8-7-19(20-3-1-2-4-21(20)22)17-5-6-18-14-27-28-23(18)13-17/h1-8,13-14,26H,9-12,15-16H2,(H,27,28). The molecule has 31 heavy (non-hydrogen) atoms. The van der Waals surface area contributed by atoms with E-state index in [4.69, 9.17) is 4.74 Å². The van der Waals surface area contributed by atoms with Gasteiger partial charge < -0.3 is 15.0 Å². The van der Waals surface area contributed by atoms with Crippen LogP contribution in [0.2, 0.25) is 0 Å². The van der Waals surface area contributed by atoms with Gasteiger partial charge in [0.25, 0.3) is 5.91 Å². The fraction of sp³-hybridized carbons (Fsp3) is 0.280. The summed E-state index contributed by atoms with van der Waals surface area (Å²) in [4.78, 5) is 15.5. The van der Waals surface area contributed by atoms with Crippen LogP contribution in [0.5, 0.6) is 0 Å². The lowest BCUT2D eigenvalue weighted by atomic mass is 9.93. The van der Waals surface area contributed by atoms with Crippen molar-refractivity contribution in [2.24, 2.45) is 0 Å². The van der Waals surface area contributed by atoms with E-state index < -0.39 is 0 Å². The molecule has 6 rings (SSSR count). The van der Waals surface area contributed by atoms with E-state index in [0.717, 1.165) is 57.9 Å².